The zero-order valence-corrected chi connectivity index (χ0v) is 11.5. The van der Waals surface area contributed by atoms with Crippen molar-refractivity contribution < 1.29 is 4.79 Å². The van der Waals surface area contributed by atoms with E-state index in [1.165, 1.54) is 17.7 Å². The Labute approximate surface area is 107 Å². The summed E-state index contributed by atoms with van der Waals surface area (Å²) in [6, 6.07) is 4.48. The van der Waals surface area contributed by atoms with Crippen molar-refractivity contribution in [2.24, 2.45) is 5.92 Å². The van der Waals surface area contributed by atoms with Crippen LogP contribution in [0.5, 0.6) is 0 Å². The van der Waals surface area contributed by atoms with E-state index in [1.807, 2.05) is 6.92 Å². The molecule has 1 aliphatic rings. The van der Waals surface area contributed by atoms with E-state index in [0.29, 0.717) is 12.0 Å². The lowest BCUT2D eigenvalue weighted by Crippen LogP contribution is -2.43. The van der Waals surface area contributed by atoms with Gasteiger partial charge in [0.1, 0.15) is 0 Å². The Balaban J connectivity index is 2.01. The molecule has 0 aliphatic heterocycles. The summed E-state index contributed by atoms with van der Waals surface area (Å²) in [4.78, 5) is 14.9. The second-order valence-electron chi connectivity index (χ2n) is 4.95. The van der Waals surface area contributed by atoms with Gasteiger partial charge in [-0.1, -0.05) is 6.07 Å². The molecule has 1 aromatic heterocycles. The molecule has 2 rings (SSSR count). The van der Waals surface area contributed by atoms with Gasteiger partial charge < -0.3 is 4.90 Å². The lowest BCUT2D eigenvalue weighted by atomic mass is 10.1. The summed E-state index contributed by atoms with van der Waals surface area (Å²) in [6.45, 7) is 1.95. The number of thiophene rings is 1. The highest BCUT2D eigenvalue weighted by atomic mass is 32.1. The van der Waals surface area contributed by atoms with E-state index in [0.717, 1.165) is 0 Å². The molecule has 0 radical (unpaired) electrons. The first-order valence-electron chi connectivity index (χ1n) is 6.10. The Morgan fingerprint density at radius 3 is 2.71 bits per heavy atom. The number of carbonyl (C=O) groups is 1. The van der Waals surface area contributed by atoms with E-state index < -0.39 is 0 Å². The van der Waals surface area contributed by atoms with Gasteiger partial charge in [-0.15, -0.1) is 11.3 Å². The van der Waals surface area contributed by atoms with Crippen molar-refractivity contribution in [3.8, 4) is 0 Å². The first-order valence-corrected chi connectivity index (χ1v) is 6.98. The molecule has 3 nitrogen and oxygen atoms in total. The van der Waals surface area contributed by atoms with Crippen molar-refractivity contribution in [1.29, 1.82) is 0 Å². The number of hydrogen-bond acceptors (Lipinski definition) is 3. The second kappa shape index (κ2) is 5.19. The van der Waals surface area contributed by atoms with Crippen molar-refractivity contribution in [2.45, 2.75) is 31.8 Å². The van der Waals surface area contributed by atoms with Crippen LogP contribution in [0.15, 0.2) is 17.5 Å². The first-order chi connectivity index (χ1) is 8.09. The summed E-state index contributed by atoms with van der Waals surface area (Å²) >= 11 is 1.77. The lowest BCUT2D eigenvalue weighted by molar-refractivity contribution is -0.130. The van der Waals surface area contributed by atoms with Crippen LogP contribution in [-0.4, -0.2) is 30.9 Å². The normalized spacial score (nSPS) is 18.8. The van der Waals surface area contributed by atoms with Crippen LogP contribution < -0.4 is 5.32 Å². The zero-order chi connectivity index (χ0) is 12.4. The van der Waals surface area contributed by atoms with E-state index >= 15 is 0 Å². The Morgan fingerprint density at radius 2 is 2.24 bits per heavy atom. The van der Waals surface area contributed by atoms with Gasteiger partial charge in [-0.05, 0) is 37.1 Å². The highest BCUT2D eigenvalue weighted by Crippen LogP contribution is 2.42. The quantitative estimate of drug-likeness (QED) is 0.872. The number of hydrogen-bond donors (Lipinski definition) is 1. The van der Waals surface area contributed by atoms with Crippen LogP contribution in [0.3, 0.4) is 0 Å². The van der Waals surface area contributed by atoms with Gasteiger partial charge in [0, 0.05) is 25.0 Å². The summed E-state index contributed by atoms with van der Waals surface area (Å²) < 4.78 is 0. The maximum atomic E-state index is 11.9. The molecular formula is C13H20N2OS. The van der Waals surface area contributed by atoms with Crippen LogP contribution in [0.25, 0.3) is 0 Å². The molecule has 1 aliphatic carbocycles. The van der Waals surface area contributed by atoms with E-state index in [1.54, 1.807) is 30.3 Å². The third-order valence-electron chi connectivity index (χ3n) is 3.18. The Morgan fingerprint density at radius 1 is 1.53 bits per heavy atom. The number of amides is 1. The fraction of sp³-hybridized carbons (Fsp3) is 0.615. The van der Waals surface area contributed by atoms with Crippen molar-refractivity contribution in [2.75, 3.05) is 14.1 Å². The molecule has 4 heteroatoms. The van der Waals surface area contributed by atoms with Crippen molar-refractivity contribution in [3.63, 3.8) is 0 Å². The van der Waals surface area contributed by atoms with Crippen LogP contribution in [-0.2, 0) is 4.79 Å². The third-order valence-corrected chi connectivity index (χ3v) is 4.14. The van der Waals surface area contributed by atoms with Gasteiger partial charge in [0.15, 0.2) is 0 Å². The smallest absolute Gasteiger partial charge is 0.238 e. The second-order valence-corrected chi connectivity index (χ2v) is 5.93. The molecule has 2 unspecified atom stereocenters. The van der Waals surface area contributed by atoms with E-state index in [2.05, 4.69) is 22.8 Å². The molecule has 0 aromatic carbocycles. The Hall–Kier alpha value is -0.870. The lowest BCUT2D eigenvalue weighted by Gasteiger charge is -2.24. The van der Waals surface area contributed by atoms with Gasteiger partial charge in [-0.2, -0.15) is 0 Å². The van der Waals surface area contributed by atoms with Crippen LogP contribution >= 0.6 is 11.3 Å². The topological polar surface area (TPSA) is 32.3 Å². The average molecular weight is 252 g/mol. The van der Waals surface area contributed by atoms with Gasteiger partial charge in [0.25, 0.3) is 0 Å². The molecule has 94 valence electrons. The van der Waals surface area contributed by atoms with Gasteiger partial charge in [0.2, 0.25) is 5.91 Å². The summed E-state index contributed by atoms with van der Waals surface area (Å²) in [6.07, 6.45) is 2.55. The fourth-order valence-corrected chi connectivity index (χ4v) is 2.95. The van der Waals surface area contributed by atoms with Crippen molar-refractivity contribution >= 4 is 17.2 Å². The molecule has 0 bridgehead atoms. The van der Waals surface area contributed by atoms with Crippen LogP contribution in [0.4, 0.5) is 0 Å². The molecule has 1 heterocycles. The molecule has 1 N–H and O–H groups in total. The predicted molar refractivity (Wildman–Crippen MR) is 71.1 cm³/mol. The van der Waals surface area contributed by atoms with E-state index in [4.69, 9.17) is 0 Å². The van der Waals surface area contributed by atoms with Gasteiger partial charge in [-0.3, -0.25) is 10.1 Å². The van der Waals surface area contributed by atoms with Crippen LogP contribution in [0, 0.1) is 5.92 Å². The van der Waals surface area contributed by atoms with Crippen molar-refractivity contribution in [1.82, 2.24) is 10.2 Å². The molecule has 1 fully saturated rings. The summed E-state index contributed by atoms with van der Waals surface area (Å²) in [5.74, 6) is 0.860. The minimum Gasteiger partial charge on any atom is -0.347 e. The molecule has 1 amide bonds. The minimum absolute atomic E-state index is 0.113. The minimum atomic E-state index is -0.113. The predicted octanol–water partition coefficient (Wildman–Crippen LogP) is 2.27. The van der Waals surface area contributed by atoms with Crippen LogP contribution in [0.1, 0.15) is 30.7 Å². The average Bonchev–Trinajstić information content (AvgIpc) is 2.99. The summed E-state index contributed by atoms with van der Waals surface area (Å²) in [5.41, 5.74) is 0. The largest absolute Gasteiger partial charge is 0.347 e. The first kappa shape index (κ1) is 12.6. The zero-order valence-electron chi connectivity index (χ0n) is 10.6. The maximum absolute atomic E-state index is 11.9. The number of rotatable bonds is 5. The maximum Gasteiger partial charge on any atom is 0.238 e. The van der Waals surface area contributed by atoms with Crippen LogP contribution in [0.2, 0.25) is 0 Å². The molecule has 0 spiro atoms. The molecule has 1 saturated carbocycles. The fourth-order valence-electron chi connectivity index (χ4n) is 2.08. The molecular weight excluding hydrogens is 232 g/mol. The van der Waals surface area contributed by atoms with E-state index in [9.17, 15) is 4.79 Å². The third kappa shape index (κ3) is 3.07. The Kier molecular flexibility index (Phi) is 3.84. The highest BCUT2D eigenvalue weighted by molar-refractivity contribution is 7.10. The molecule has 1 aromatic rings. The number of nitrogens with zero attached hydrogens (tertiary/aromatic N) is 1. The standard InChI is InChI=1S/C13H20N2OS/c1-9(13(16)15(2)3)14-12(10-6-7-10)11-5-4-8-17-11/h4-5,8-10,12,14H,6-7H2,1-3H3. The molecule has 17 heavy (non-hydrogen) atoms. The van der Waals surface area contributed by atoms with Crippen molar-refractivity contribution in [3.05, 3.63) is 22.4 Å². The number of likely N-dealkylation sites (N-methyl/N-ethyl adjacent to an activating group) is 1. The van der Waals surface area contributed by atoms with Gasteiger partial charge >= 0.3 is 0 Å². The number of nitrogens with one attached hydrogen (secondary N) is 1. The van der Waals surface area contributed by atoms with E-state index in [-0.39, 0.29) is 11.9 Å². The SMILES string of the molecule is CC(NC(c1cccs1)C1CC1)C(=O)N(C)C. The number of carbonyl (C=O) groups excluding carboxylic acids is 1. The summed E-state index contributed by atoms with van der Waals surface area (Å²) in [5, 5.41) is 5.58. The summed E-state index contributed by atoms with van der Waals surface area (Å²) in [7, 11) is 3.61. The van der Waals surface area contributed by atoms with Gasteiger partial charge in [0.05, 0.1) is 6.04 Å². The Bertz CT molecular complexity index is 371. The molecule has 0 saturated heterocycles. The monoisotopic (exact) mass is 252 g/mol. The highest BCUT2D eigenvalue weighted by Gasteiger charge is 2.34. The van der Waals surface area contributed by atoms with Gasteiger partial charge in [-0.25, -0.2) is 0 Å². The molecule has 2 atom stereocenters.